The molecule has 2 bridgehead atoms. The molecule has 3 rings (SSSR count). The van der Waals surface area contributed by atoms with Crippen LogP contribution in [0.15, 0.2) is 0 Å². The standard InChI is InChI=1S/C18H34N2/c1-20(14-17-13-15-8-9-16(17)12-15)11-5-10-19-18-6-3-2-4-7-18/h15-19H,2-14H2,1H3. The van der Waals surface area contributed by atoms with Crippen LogP contribution in [0.3, 0.4) is 0 Å². The Morgan fingerprint density at radius 3 is 2.55 bits per heavy atom. The Kier molecular flexibility index (Phi) is 5.39. The van der Waals surface area contributed by atoms with E-state index < -0.39 is 0 Å². The SMILES string of the molecule is CN(CCCNC1CCCCC1)CC1CC2CCC1C2. The first-order valence-electron chi connectivity index (χ1n) is 9.23. The van der Waals surface area contributed by atoms with E-state index in [2.05, 4.69) is 17.3 Å². The summed E-state index contributed by atoms with van der Waals surface area (Å²) in [5, 5.41) is 3.77. The Hall–Kier alpha value is -0.0800. The van der Waals surface area contributed by atoms with Crippen LogP contribution >= 0.6 is 0 Å². The molecule has 0 amide bonds. The normalized spacial score (nSPS) is 34.2. The fraction of sp³-hybridized carbons (Fsp3) is 1.00. The predicted molar refractivity (Wildman–Crippen MR) is 85.9 cm³/mol. The van der Waals surface area contributed by atoms with E-state index in [1.165, 1.54) is 77.4 Å². The van der Waals surface area contributed by atoms with Gasteiger partial charge in [-0.2, -0.15) is 0 Å². The molecule has 0 spiro atoms. The molecule has 0 radical (unpaired) electrons. The summed E-state index contributed by atoms with van der Waals surface area (Å²) in [5.74, 6) is 3.22. The van der Waals surface area contributed by atoms with Crippen molar-refractivity contribution in [3.05, 3.63) is 0 Å². The van der Waals surface area contributed by atoms with Gasteiger partial charge in [0.2, 0.25) is 0 Å². The fourth-order valence-corrected chi connectivity index (χ4v) is 5.05. The van der Waals surface area contributed by atoms with E-state index in [1.807, 2.05) is 0 Å². The second-order valence-corrected chi connectivity index (χ2v) is 7.84. The van der Waals surface area contributed by atoms with E-state index >= 15 is 0 Å². The van der Waals surface area contributed by atoms with Gasteiger partial charge >= 0.3 is 0 Å². The molecule has 116 valence electrons. The molecular weight excluding hydrogens is 244 g/mol. The van der Waals surface area contributed by atoms with Gasteiger partial charge in [-0.25, -0.2) is 0 Å². The average molecular weight is 278 g/mol. The summed E-state index contributed by atoms with van der Waals surface area (Å²) in [6.07, 6.45) is 14.7. The summed E-state index contributed by atoms with van der Waals surface area (Å²) in [7, 11) is 2.34. The number of hydrogen-bond acceptors (Lipinski definition) is 2. The second kappa shape index (κ2) is 7.26. The van der Waals surface area contributed by atoms with Crippen molar-refractivity contribution in [1.29, 1.82) is 0 Å². The van der Waals surface area contributed by atoms with E-state index in [-0.39, 0.29) is 0 Å². The summed E-state index contributed by atoms with van der Waals surface area (Å²) in [6.45, 7) is 3.88. The summed E-state index contributed by atoms with van der Waals surface area (Å²) in [4.78, 5) is 2.61. The van der Waals surface area contributed by atoms with Crippen molar-refractivity contribution in [3.63, 3.8) is 0 Å². The quantitative estimate of drug-likeness (QED) is 0.715. The minimum Gasteiger partial charge on any atom is -0.314 e. The van der Waals surface area contributed by atoms with Gasteiger partial charge in [-0.05, 0) is 76.4 Å². The first-order chi connectivity index (χ1) is 9.81. The van der Waals surface area contributed by atoms with Crippen molar-refractivity contribution in [2.75, 3.05) is 26.7 Å². The molecule has 2 heteroatoms. The third-order valence-corrected chi connectivity index (χ3v) is 6.19. The molecule has 0 aromatic heterocycles. The van der Waals surface area contributed by atoms with E-state index in [0.717, 1.165) is 23.8 Å². The summed E-state index contributed by atoms with van der Waals surface area (Å²) in [6, 6.07) is 0.833. The Bertz CT molecular complexity index is 285. The number of fused-ring (bicyclic) bond motifs is 2. The lowest BCUT2D eigenvalue weighted by molar-refractivity contribution is 0.216. The molecule has 3 atom stereocenters. The van der Waals surface area contributed by atoms with Gasteiger partial charge in [0, 0.05) is 12.6 Å². The molecule has 3 saturated carbocycles. The van der Waals surface area contributed by atoms with Crippen LogP contribution < -0.4 is 5.32 Å². The zero-order chi connectivity index (χ0) is 13.8. The van der Waals surface area contributed by atoms with Gasteiger partial charge in [-0.15, -0.1) is 0 Å². The van der Waals surface area contributed by atoms with E-state index in [4.69, 9.17) is 0 Å². The van der Waals surface area contributed by atoms with Crippen LogP contribution in [0, 0.1) is 17.8 Å². The smallest absolute Gasteiger partial charge is 0.00670 e. The maximum atomic E-state index is 3.77. The summed E-state index contributed by atoms with van der Waals surface area (Å²) < 4.78 is 0. The lowest BCUT2D eigenvalue weighted by Gasteiger charge is -2.27. The largest absolute Gasteiger partial charge is 0.314 e. The van der Waals surface area contributed by atoms with Crippen LogP contribution in [-0.4, -0.2) is 37.6 Å². The van der Waals surface area contributed by atoms with Gasteiger partial charge in [0.05, 0.1) is 0 Å². The fourth-order valence-electron chi connectivity index (χ4n) is 5.05. The second-order valence-electron chi connectivity index (χ2n) is 7.84. The van der Waals surface area contributed by atoms with Gasteiger partial charge in [0.15, 0.2) is 0 Å². The monoisotopic (exact) mass is 278 g/mol. The number of hydrogen-bond donors (Lipinski definition) is 1. The zero-order valence-corrected chi connectivity index (χ0v) is 13.4. The average Bonchev–Trinajstić information content (AvgIpc) is 3.07. The molecule has 3 unspecified atom stereocenters. The molecule has 3 fully saturated rings. The van der Waals surface area contributed by atoms with E-state index in [9.17, 15) is 0 Å². The van der Waals surface area contributed by atoms with Gasteiger partial charge in [-0.1, -0.05) is 25.7 Å². The lowest BCUT2D eigenvalue weighted by atomic mass is 9.88. The highest BCUT2D eigenvalue weighted by atomic mass is 15.1. The first kappa shape index (κ1) is 14.8. The maximum absolute atomic E-state index is 3.77. The van der Waals surface area contributed by atoms with Crippen LogP contribution in [0.25, 0.3) is 0 Å². The highest BCUT2D eigenvalue weighted by molar-refractivity contribution is 4.90. The van der Waals surface area contributed by atoms with Gasteiger partial charge in [-0.3, -0.25) is 0 Å². The first-order valence-corrected chi connectivity index (χ1v) is 9.23. The predicted octanol–water partition coefficient (Wildman–Crippen LogP) is 3.67. The van der Waals surface area contributed by atoms with Crippen LogP contribution in [-0.2, 0) is 0 Å². The molecule has 0 aromatic carbocycles. The molecule has 0 saturated heterocycles. The Labute approximate surface area is 125 Å². The van der Waals surface area contributed by atoms with Crippen molar-refractivity contribution < 1.29 is 0 Å². The van der Waals surface area contributed by atoms with Crippen molar-refractivity contribution in [2.24, 2.45) is 17.8 Å². The van der Waals surface area contributed by atoms with Crippen molar-refractivity contribution in [3.8, 4) is 0 Å². The molecule has 0 aromatic rings. The van der Waals surface area contributed by atoms with E-state index in [1.54, 1.807) is 6.42 Å². The Balaban J connectivity index is 1.25. The highest BCUT2D eigenvalue weighted by Crippen LogP contribution is 2.48. The Morgan fingerprint density at radius 1 is 1.00 bits per heavy atom. The van der Waals surface area contributed by atoms with Crippen LogP contribution in [0.5, 0.6) is 0 Å². The van der Waals surface area contributed by atoms with Crippen LogP contribution in [0.4, 0.5) is 0 Å². The number of nitrogens with zero attached hydrogens (tertiary/aromatic N) is 1. The van der Waals surface area contributed by atoms with Crippen molar-refractivity contribution in [2.45, 2.75) is 70.3 Å². The minimum atomic E-state index is 0.833. The van der Waals surface area contributed by atoms with Crippen molar-refractivity contribution >= 4 is 0 Å². The van der Waals surface area contributed by atoms with Gasteiger partial charge in [0.25, 0.3) is 0 Å². The molecular formula is C18H34N2. The van der Waals surface area contributed by atoms with Gasteiger partial charge < -0.3 is 10.2 Å². The molecule has 3 aliphatic rings. The van der Waals surface area contributed by atoms with Gasteiger partial charge in [0.1, 0.15) is 0 Å². The third kappa shape index (κ3) is 3.98. The molecule has 1 N–H and O–H groups in total. The zero-order valence-electron chi connectivity index (χ0n) is 13.4. The topological polar surface area (TPSA) is 15.3 Å². The third-order valence-electron chi connectivity index (χ3n) is 6.19. The van der Waals surface area contributed by atoms with E-state index in [0.29, 0.717) is 0 Å². The molecule has 3 aliphatic carbocycles. The number of rotatable bonds is 7. The summed E-state index contributed by atoms with van der Waals surface area (Å²) in [5.41, 5.74) is 0. The molecule has 0 aliphatic heterocycles. The van der Waals surface area contributed by atoms with Crippen LogP contribution in [0.2, 0.25) is 0 Å². The minimum absolute atomic E-state index is 0.833. The molecule has 20 heavy (non-hydrogen) atoms. The highest BCUT2D eigenvalue weighted by Gasteiger charge is 2.39. The summed E-state index contributed by atoms with van der Waals surface area (Å²) >= 11 is 0. The Morgan fingerprint density at radius 2 is 1.85 bits per heavy atom. The van der Waals surface area contributed by atoms with Crippen LogP contribution in [0.1, 0.15) is 64.2 Å². The molecule has 2 nitrogen and oxygen atoms in total. The molecule has 0 heterocycles. The number of nitrogens with one attached hydrogen (secondary N) is 1. The maximum Gasteiger partial charge on any atom is 0.00670 e. The lowest BCUT2D eigenvalue weighted by Crippen LogP contribution is -2.34. The van der Waals surface area contributed by atoms with Crippen molar-refractivity contribution in [1.82, 2.24) is 10.2 Å².